The molecule has 11 aromatic rings. The van der Waals surface area contributed by atoms with Crippen LogP contribution in [0.1, 0.15) is 97.1 Å². The fourth-order valence-electron chi connectivity index (χ4n) is 21.2. The molecular weight excluding hydrogens is 1990 g/mol. The first kappa shape index (κ1) is 109. The number of fused-ring (bicyclic) bond motifs is 4. The van der Waals surface area contributed by atoms with E-state index in [1.54, 1.807) is 110 Å². The maximum Gasteiger partial charge on any atom is 0.418 e. The van der Waals surface area contributed by atoms with Crippen molar-refractivity contribution in [2.24, 2.45) is 66.0 Å². The van der Waals surface area contributed by atoms with Gasteiger partial charge in [-0.1, -0.05) is 102 Å². The number of hydrogen-bond acceptors (Lipinski definition) is 23. The van der Waals surface area contributed by atoms with Crippen molar-refractivity contribution in [3.63, 3.8) is 0 Å². The minimum absolute atomic E-state index is 0. The molecule has 8 atom stereocenters. The van der Waals surface area contributed by atoms with Crippen molar-refractivity contribution in [1.29, 1.82) is 0 Å². The Hall–Kier alpha value is -8.62. The van der Waals surface area contributed by atoms with E-state index in [1.165, 1.54) is 60.2 Å². The second kappa shape index (κ2) is 47.9. The van der Waals surface area contributed by atoms with Crippen molar-refractivity contribution in [2.75, 3.05) is 160 Å². The lowest BCUT2D eigenvalue weighted by Gasteiger charge is -2.29. The highest BCUT2D eigenvalue weighted by Crippen LogP contribution is 2.47. The minimum atomic E-state index is -4.33. The van der Waals surface area contributed by atoms with Crippen LogP contribution in [0.4, 0.5) is 71.0 Å². The summed E-state index contributed by atoms with van der Waals surface area (Å²) in [6.07, 6.45) is 0.550. The monoisotopic (exact) mass is 2100 g/mol. The average Bonchev–Trinajstić information content (AvgIpc) is 1.61. The molecule has 45 heteroatoms. The van der Waals surface area contributed by atoms with Gasteiger partial charge in [-0.15, -0.1) is 90.4 Å². The van der Waals surface area contributed by atoms with Crippen LogP contribution in [0.25, 0.3) is 34.4 Å². The van der Waals surface area contributed by atoms with Crippen LogP contribution in [0, 0.1) is 42.2 Å². The van der Waals surface area contributed by atoms with E-state index in [0.29, 0.717) is 60.0 Å². The maximum absolute atomic E-state index is 14.3. The van der Waals surface area contributed by atoms with Gasteiger partial charge in [0.2, 0.25) is 5.82 Å². The summed E-state index contributed by atoms with van der Waals surface area (Å²) in [6.45, 7) is 17.9. The van der Waals surface area contributed by atoms with E-state index in [0.717, 1.165) is 253 Å². The second-order valence-electron chi connectivity index (χ2n) is 36.7. The molecule has 0 aliphatic carbocycles. The number of thioether (sulfide) groups is 4. The number of halogens is 15. The smallest absolute Gasteiger partial charge is 0.367 e. The molecule has 0 N–H and O–H groups in total. The van der Waals surface area contributed by atoms with Crippen LogP contribution in [0.3, 0.4) is 0 Å². The third kappa shape index (κ3) is 24.8. The molecule has 9 saturated heterocycles. The molecule has 9 aliphatic heterocycles. The number of hydrogen-bond donors (Lipinski definition) is 0. The molecule has 0 spiro atoms. The van der Waals surface area contributed by atoms with Crippen molar-refractivity contribution in [3.05, 3.63) is 180 Å². The van der Waals surface area contributed by atoms with Gasteiger partial charge in [0.25, 0.3) is 5.91 Å². The summed E-state index contributed by atoms with van der Waals surface area (Å²) in [5.41, 5.74) is 4.16. The highest BCUT2D eigenvalue weighted by Gasteiger charge is 2.49. The Morgan fingerprint density at radius 2 is 0.743 bits per heavy atom. The fourth-order valence-corrected chi connectivity index (χ4v) is 24.5. The Morgan fingerprint density at radius 1 is 0.379 bits per heavy atom. The first-order valence-electron chi connectivity index (χ1n) is 46.8. The largest absolute Gasteiger partial charge is 0.418 e. The Balaban J connectivity index is 0.000000156. The number of anilines is 4. The second-order valence-corrected chi connectivity index (χ2v) is 40.9. The quantitative estimate of drug-likeness (QED) is 0.0254. The summed E-state index contributed by atoms with van der Waals surface area (Å²) < 4.78 is 160. The first-order chi connectivity index (χ1) is 65.5. The highest BCUT2D eigenvalue weighted by molar-refractivity contribution is 7.99. The van der Waals surface area contributed by atoms with Crippen molar-refractivity contribution in [2.45, 2.75) is 134 Å². The molecule has 4 unspecified atom stereocenters. The van der Waals surface area contributed by atoms with Crippen LogP contribution < -0.4 is 19.6 Å². The van der Waals surface area contributed by atoms with Gasteiger partial charge in [-0.3, -0.25) is 14.2 Å². The summed E-state index contributed by atoms with van der Waals surface area (Å²) in [5, 5.41) is 46.2. The van der Waals surface area contributed by atoms with Gasteiger partial charge >= 0.3 is 18.5 Å². The maximum atomic E-state index is 14.3. The predicted octanol–water partition coefficient (Wildman–Crippen LogP) is 18.1. The Labute approximate surface area is 850 Å². The topological polar surface area (TPSA) is 205 Å². The lowest BCUT2D eigenvalue weighted by atomic mass is 10.0. The third-order valence-corrected chi connectivity index (χ3v) is 32.5. The lowest BCUT2D eigenvalue weighted by Crippen LogP contribution is -2.36. The summed E-state index contributed by atoms with van der Waals surface area (Å²) in [7, 11) is 11.5. The number of nitrogens with zero attached hydrogens (tertiary/aromatic N) is 25. The molecule has 9 aliphatic rings. The zero-order chi connectivity index (χ0) is 95.3. The van der Waals surface area contributed by atoms with Gasteiger partial charge in [-0.25, -0.2) is 8.78 Å². The number of aromatic nitrogens is 16. The molecular formula is C95H120Cl4F11N25OS4. The molecule has 1 amide bonds. The first-order valence-corrected chi connectivity index (χ1v) is 50.7. The van der Waals surface area contributed by atoms with Crippen molar-refractivity contribution < 1.29 is 53.1 Å². The molecule has 0 saturated carbocycles. The number of aryl methyl sites for hydroxylation is 3. The number of carbonyl (C=O) groups is 1. The third-order valence-electron chi connectivity index (χ3n) is 28.1. The lowest BCUT2D eigenvalue weighted by molar-refractivity contribution is -0.138. The van der Waals surface area contributed by atoms with Gasteiger partial charge in [0.05, 0.1) is 16.7 Å². The average molecular weight is 2110 g/mol. The molecule has 0 bridgehead atoms. The molecule has 15 heterocycles. The van der Waals surface area contributed by atoms with E-state index >= 15 is 0 Å². The van der Waals surface area contributed by atoms with Crippen LogP contribution >= 0.6 is 96.7 Å². The van der Waals surface area contributed by atoms with E-state index in [-0.39, 0.29) is 79.3 Å². The number of carbonyl (C=O) groups excluding carboxylic acids is 1. The number of para-hydroxylation sites is 3. The summed E-state index contributed by atoms with van der Waals surface area (Å²) in [6, 6.07) is 34.6. The number of rotatable bonds is 28. The summed E-state index contributed by atoms with van der Waals surface area (Å²) in [5.74, 6) is 7.46. The predicted molar refractivity (Wildman–Crippen MR) is 537 cm³/mol. The Morgan fingerprint density at radius 3 is 1.15 bits per heavy atom. The van der Waals surface area contributed by atoms with E-state index < -0.39 is 46.9 Å². The van der Waals surface area contributed by atoms with Crippen LogP contribution in [0.5, 0.6) is 0 Å². The number of alkyl halides is 9. The van der Waals surface area contributed by atoms with Gasteiger partial charge in [0.15, 0.2) is 38.1 Å². The van der Waals surface area contributed by atoms with Gasteiger partial charge in [-0.2, -0.15) is 49.7 Å². The number of likely N-dealkylation sites (tertiary alicyclic amines) is 5. The molecule has 6 aromatic heterocycles. The molecule has 5 aromatic carbocycles. The molecule has 140 heavy (non-hydrogen) atoms. The van der Waals surface area contributed by atoms with Crippen molar-refractivity contribution in [3.8, 4) is 34.4 Å². The molecule has 760 valence electrons. The van der Waals surface area contributed by atoms with Gasteiger partial charge < -0.3 is 62.4 Å². The molecule has 0 radical (unpaired) electrons. The van der Waals surface area contributed by atoms with Crippen molar-refractivity contribution in [1.82, 2.24) is 103 Å². The van der Waals surface area contributed by atoms with Gasteiger partial charge in [-0.05, 0) is 199 Å². The van der Waals surface area contributed by atoms with E-state index in [4.69, 9.17) is 0 Å². The van der Waals surface area contributed by atoms with Gasteiger partial charge in [0, 0.05) is 216 Å². The standard InChI is InChI=1S/C25H29F2N5S.C24H31F3N6OS.2C23H28F3N7S.4ClH/c1-17-7-3-4-8-19(17)24-28-29-25(30(24)2)33-14-6-12-31-15-18-11-13-32(22(18)16-31)23-20(26)9-5-10-21(23)27;1-30-21(22(34)32-11-2-3-12-32)28-29-23(30)35-14-4-10-31-15-17-9-13-33(20(17)16-31)19-7-5-18(6-8-19)24(25,26)27;2*1-30-21(19-8-10-27-31(19)2)28-29-22(30)34-13-5-11-32-14-16-9-12-33(20(16)15-32)18-7-4-3-6-17(18)23(24,25)26;;;;/h3-5,7-10,18,22H,6,11-16H2,1-2H3;5-8,17,20H,2-4,9-16H2,1H3;2*3-4,6-8,10,16,20H,5,9,11-15H2,1-2H3;4*1H/t;;2*16-,20+;;;;/m..10..../s1. The van der Waals surface area contributed by atoms with Crippen LogP contribution in [0.15, 0.2) is 160 Å². The zero-order valence-electron chi connectivity index (χ0n) is 79.0. The fraction of sp³-hybridized carbons (Fsp3) is 0.526. The highest BCUT2D eigenvalue weighted by atomic mass is 35.5. The molecule has 9 fully saturated rings. The Kier molecular flexibility index (Phi) is 37.2. The summed E-state index contributed by atoms with van der Waals surface area (Å²) in [4.78, 5) is 32.4. The summed E-state index contributed by atoms with van der Waals surface area (Å²) >= 11 is 6.70. The van der Waals surface area contributed by atoms with Gasteiger partial charge in [0.1, 0.15) is 28.7 Å². The van der Waals surface area contributed by atoms with E-state index in [2.05, 4.69) is 99.1 Å². The SMILES string of the molecule is Cc1ccccc1-c1nnc(SCCCN2CC3CCN(c4c(F)cccc4F)C3C2)n1C.Cl.Cl.Cl.Cl.Cn1c(SCCCN2CC3CCN(c4ccc(C(F)(F)F)cc4)C3C2)nnc1C(=O)N1CCCC1.Cn1nccc1-c1nnc(SCCCN2C[C@@H]3CCN(c4ccccc4C(F)(F)F)[C@@H]3C2)n1C.Cn1nccc1-c1nnc(SCCCN2C[C@H]3CCN(c4ccccc4C(F)(F)F)[C@H]3C2)n1C. The minimum Gasteiger partial charge on any atom is -0.367 e. The normalized spacial score (nSPS) is 20.7. The molecule has 20 rings (SSSR count). The molecule has 26 nitrogen and oxygen atoms in total. The van der Waals surface area contributed by atoms with Crippen molar-refractivity contribution >= 4 is 125 Å². The van der Waals surface area contributed by atoms with Crippen LogP contribution in [0.2, 0.25) is 0 Å². The zero-order valence-corrected chi connectivity index (χ0v) is 85.6. The van der Waals surface area contributed by atoms with Crippen LogP contribution in [-0.4, -0.2) is 274 Å². The Bertz CT molecular complexity index is 5680. The van der Waals surface area contributed by atoms with E-state index in [9.17, 15) is 53.1 Å². The number of amides is 1. The van der Waals surface area contributed by atoms with Crippen LogP contribution in [-0.2, 0) is 60.8 Å². The van der Waals surface area contributed by atoms with E-state index in [1.807, 2.05) is 95.3 Å². The number of benzene rings is 5.